The molecule has 2 rings (SSSR count). The minimum atomic E-state index is -1.02. The monoisotopic (exact) mass is 276 g/mol. The van der Waals surface area contributed by atoms with Crippen LogP contribution in [0.15, 0.2) is 24.3 Å². The van der Waals surface area contributed by atoms with E-state index in [4.69, 9.17) is 5.11 Å². The van der Waals surface area contributed by atoms with Gasteiger partial charge < -0.3 is 10.0 Å². The van der Waals surface area contributed by atoms with Gasteiger partial charge in [-0.15, -0.1) is 0 Å². The van der Waals surface area contributed by atoms with E-state index in [2.05, 4.69) is 0 Å². The first-order valence-electron chi connectivity index (χ1n) is 6.34. The van der Waals surface area contributed by atoms with Gasteiger partial charge in [0.15, 0.2) is 0 Å². The molecule has 0 bridgehead atoms. The van der Waals surface area contributed by atoms with E-state index in [9.17, 15) is 14.4 Å². The lowest BCUT2D eigenvalue weighted by Gasteiger charge is -2.33. The fourth-order valence-corrected chi connectivity index (χ4v) is 2.16. The van der Waals surface area contributed by atoms with E-state index in [1.54, 1.807) is 4.90 Å². The van der Waals surface area contributed by atoms with E-state index in [0.717, 1.165) is 16.2 Å². The Bertz CT molecular complexity index is 538. The maximum Gasteiger partial charge on any atom is 0.305 e. The molecule has 106 valence electrons. The van der Waals surface area contributed by atoms with Crippen molar-refractivity contribution in [2.75, 3.05) is 24.5 Å². The summed E-state index contributed by atoms with van der Waals surface area (Å²) >= 11 is 0. The van der Waals surface area contributed by atoms with E-state index in [1.165, 1.54) is 0 Å². The van der Waals surface area contributed by atoms with Gasteiger partial charge in [-0.3, -0.25) is 19.3 Å². The molecule has 2 amide bonds. The van der Waals surface area contributed by atoms with Crippen molar-refractivity contribution >= 4 is 23.5 Å². The zero-order chi connectivity index (χ0) is 14.7. The summed E-state index contributed by atoms with van der Waals surface area (Å²) in [5.41, 5.74) is 1.88. The van der Waals surface area contributed by atoms with Gasteiger partial charge in [0, 0.05) is 12.2 Å². The highest BCUT2D eigenvalue weighted by molar-refractivity contribution is 6.03. The highest BCUT2D eigenvalue weighted by Gasteiger charge is 2.31. The van der Waals surface area contributed by atoms with Gasteiger partial charge in [-0.2, -0.15) is 0 Å². The number of imide groups is 1. The van der Waals surface area contributed by atoms with Crippen molar-refractivity contribution in [1.82, 2.24) is 4.90 Å². The van der Waals surface area contributed by atoms with Crippen LogP contribution in [0, 0.1) is 6.92 Å². The van der Waals surface area contributed by atoms with E-state index >= 15 is 0 Å². The summed E-state index contributed by atoms with van der Waals surface area (Å²) in [7, 11) is 0. The van der Waals surface area contributed by atoms with Crippen molar-refractivity contribution in [1.29, 1.82) is 0 Å². The molecule has 6 heteroatoms. The predicted octanol–water partition coefficient (Wildman–Crippen LogP) is 0.645. The Balaban J connectivity index is 2.08. The Hall–Kier alpha value is -2.37. The number of piperazine rings is 1. The average Bonchev–Trinajstić information content (AvgIpc) is 2.37. The second-order valence-corrected chi connectivity index (χ2v) is 4.78. The summed E-state index contributed by atoms with van der Waals surface area (Å²) in [5.74, 6) is -1.74. The quantitative estimate of drug-likeness (QED) is 0.817. The Morgan fingerprint density at radius 2 is 1.90 bits per heavy atom. The van der Waals surface area contributed by atoms with Crippen LogP contribution >= 0.6 is 0 Å². The summed E-state index contributed by atoms with van der Waals surface area (Å²) < 4.78 is 0. The normalized spacial score (nSPS) is 15.7. The molecule has 20 heavy (non-hydrogen) atoms. The Kier molecular flexibility index (Phi) is 4.02. The summed E-state index contributed by atoms with van der Waals surface area (Å²) in [6.07, 6.45) is -0.220. The van der Waals surface area contributed by atoms with Crippen molar-refractivity contribution in [3.63, 3.8) is 0 Å². The smallest absolute Gasteiger partial charge is 0.305 e. The van der Waals surface area contributed by atoms with Gasteiger partial charge in [-0.25, -0.2) is 0 Å². The maximum atomic E-state index is 12.0. The van der Waals surface area contributed by atoms with Crippen LogP contribution in [-0.4, -0.2) is 47.4 Å². The highest BCUT2D eigenvalue weighted by Crippen LogP contribution is 2.18. The summed E-state index contributed by atoms with van der Waals surface area (Å²) in [5, 5.41) is 8.62. The van der Waals surface area contributed by atoms with Crippen LogP contribution in [0.3, 0.4) is 0 Å². The van der Waals surface area contributed by atoms with Gasteiger partial charge >= 0.3 is 5.97 Å². The van der Waals surface area contributed by atoms with Gasteiger partial charge in [0.05, 0.1) is 19.5 Å². The topological polar surface area (TPSA) is 77.9 Å². The molecule has 1 saturated heterocycles. The van der Waals surface area contributed by atoms with E-state index in [-0.39, 0.29) is 37.9 Å². The van der Waals surface area contributed by atoms with Crippen molar-refractivity contribution in [2.45, 2.75) is 13.3 Å². The van der Waals surface area contributed by atoms with Crippen LogP contribution in [0.2, 0.25) is 0 Å². The number of rotatable bonds is 4. The van der Waals surface area contributed by atoms with E-state index in [0.29, 0.717) is 0 Å². The number of carbonyl (C=O) groups is 3. The van der Waals surface area contributed by atoms with Crippen LogP contribution in [-0.2, 0) is 14.4 Å². The van der Waals surface area contributed by atoms with Crippen LogP contribution in [0.5, 0.6) is 0 Å². The van der Waals surface area contributed by atoms with Gasteiger partial charge in [0.2, 0.25) is 11.8 Å². The zero-order valence-electron chi connectivity index (χ0n) is 11.2. The standard InChI is InChI=1S/C14H16N2O4/c1-10-3-2-4-11(7-10)15-8-12(17)16(13(18)9-15)6-5-14(19)20/h2-4,7H,5-6,8-9H2,1H3,(H,19,20). The lowest BCUT2D eigenvalue weighted by molar-refractivity contribution is -0.146. The van der Waals surface area contributed by atoms with Crippen LogP contribution in [0.1, 0.15) is 12.0 Å². The number of carboxylic acids is 1. The molecule has 1 fully saturated rings. The molecule has 1 aromatic rings. The third-order valence-corrected chi connectivity index (χ3v) is 3.17. The number of aliphatic carboxylic acids is 1. The number of anilines is 1. The average molecular weight is 276 g/mol. The first-order chi connectivity index (χ1) is 9.47. The van der Waals surface area contributed by atoms with E-state index < -0.39 is 5.97 Å². The second-order valence-electron chi connectivity index (χ2n) is 4.78. The number of benzene rings is 1. The second kappa shape index (κ2) is 5.73. The molecule has 0 radical (unpaired) electrons. The zero-order valence-corrected chi connectivity index (χ0v) is 11.2. The van der Waals surface area contributed by atoms with Gasteiger partial charge in [-0.05, 0) is 24.6 Å². The number of carbonyl (C=O) groups excluding carboxylic acids is 2. The fraction of sp³-hybridized carbons (Fsp3) is 0.357. The third-order valence-electron chi connectivity index (χ3n) is 3.17. The number of carboxylic acid groups (broad SMARTS) is 1. The number of nitrogens with zero attached hydrogens (tertiary/aromatic N) is 2. The Morgan fingerprint density at radius 3 is 2.45 bits per heavy atom. The molecule has 0 saturated carbocycles. The minimum absolute atomic E-state index is 0.0609. The molecule has 1 N–H and O–H groups in total. The molecule has 1 aliphatic heterocycles. The number of amides is 2. The van der Waals surface area contributed by atoms with Gasteiger partial charge in [0.1, 0.15) is 0 Å². The molecular formula is C14H16N2O4. The van der Waals surface area contributed by atoms with Crippen molar-refractivity contribution in [3.05, 3.63) is 29.8 Å². The van der Waals surface area contributed by atoms with Crippen LogP contribution < -0.4 is 4.90 Å². The SMILES string of the molecule is Cc1cccc(N2CC(=O)N(CCC(=O)O)C(=O)C2)c1. The highest BCUT2D eigenvalue weighted by atomic mass is 16.4. The van der Waals surface area contributed by atoms with Crippen molar-refractivity contribution in [2.24, 2.45) is 0 Å². The lowest BCUT2D eigenvalue weighted by atomic mass is 10.2. The number of aryl methyl sites for hydroxylation is 1. The maximum absolute atomic E-state index is 12.0. The summed E-state index contributed by atoms with van der Waals surface area (Å²) in [6, 6.07) is 7.57. The predicted molar refractivity (Wildman–Crippen MR) is 72.4 cm³/mol. The van der Waals surface area contributed by atoms with Crippen LogP contribution in [0.25, 0.3) is 0 Å². The number of hydrogen-bond donors (Lipinski definition) is 1. The first-order valence-corrected chi connectivity index (χ1v) is 6.34. The third kappa shape index (κ3) is 3.14. The summed E-state index contributed by atoms with van der Waals surface area (Å²) in [6.45, 7) is 2.06. The molecule has 0 aliphatic carbocycles. The van der Waals surface area contributed by atoms with Crippen molar-refractivity contribution < 1.29 is 19.5 Å². The lowest BCUT2D eigenvalue weighted by Crippen LogP contribution is -2.54. The Labute approximate surface area is 116 Å². The summed E-state index contributed by atoms with van der Waals surface area (Å²) in [4.78, 5) is 37.2. The Morgan fingerprint density at radius 1 is 1.25 bits per heavy atom. The molecule has 6 nitrogen and oxygen atoms in total. The molecule has 0 spiro atoms. The van der Waals surface area contributed by atoms with Crippen LogP contribution in [0.4, 0.5) is 5.69 Å². The van der Waals surface area contributed by atoms with Crippen molar-refractivity contribution in [3.8, 4) is 0 Å². The molecular weight excluding hydrogens is 260 g/mol. The molecule has 1 heterocycles. The number of hydrogen-bond acceptors (Lipinski definition) is 4. The van der Waals surface area contributed by atoms with Gasteiger partial charge in [-0.1, -0.05) is 12.1 Å². The molecule has 0 aromatic heterocycles. The molecule has 1 aromatic carbocycles. The fourth-order valence-electron chi connectivity index (χ4n) is 2.16. The largest absolute Gasteiger partial charge is 0.481 e. The molecule has 1 aliphatic rings. The van der Waals surface area contributed by atoms with Gasteiger partial charge in [0.25, 0.3) is 0 Å². The molecule has 0 unspecified atom stereocenters. The van der Waals surface area contributed by atoms with E-state index in [1.807, 2.05) is 31.2 Å². The molecule has 0 atom stereocenters. The first kappa shape index (κ1) is 14.0. The minimum Gasteiger partial charge on any atom is -0.481 e.